The van der Waals surface area contributed by atoms with Gasteiger partial charge in [0.05, 0.1) is 11.4 Å². The minimum Gasteiger partial charge on any atom is -0.370 e. The van der Waals surface area contributed by atoms with Crippen LogP contribution in [0.1, 0.15) is 11.1 Å². The Kier molecular flexibility index (Phi) is 7.84. The molecule has 0 saturated carbocycles. The molecule has 2 aromatic carbocycles. The zero-order valence-corrected chi connectivity index (χ0v) is 17.6. The van der Waals surface area contributed by atoms with Gasteiger partial charge in [0.25, 0.3) is 0 Å². The molecule has 0 bridgehead atoms. The van der Waals surface area contributed by atoms with E-state index in [4.69, 9.17) is 5.73 Å². The number of halogens is 1. The minimum absolute atomic E-state index is 0. The maximum absolute atomic E-state index is 12.4. The van der Waals surface area contributed by atoms with Crippen LogP contribution in [-0.2, 0) is 16.6 Å². The Bertz CT molecular complexity index is 851. The highest BCUT2D eigenvalue weighted by molar-refractivity contribution is 14.0. The molecule has 0 radical (unpaired) electrons. The van der Waals surface area contributed by atoms with Crippen LogP contribution in [0.15, 0.2) is 58.4 Å². The van der Waals surface area contributed by atoms with Crippen molar-refractivity contribution in [1.82, 2.24) is 4.31 Å². The van der Waals surface area contributed by atoms with Crippen LogP contribution in [0.3, 0.4) is 0 Å². The molecule has 0 heterocycles. The smallest absolute Gasteiger partial charge is 0.242 e. The van der Waals surface area contributed by atoms with Gasteiger partial charge in [-0.05, 0) is 36.2 Å². The van der Waals surface area contributed by atoms with Gasteiger partial charge in [0, 0.05) is 19.8 Å². The summed E-state index contributed by atoms with van der Waals surface area (Å²) in [5.74, 6) is 0.234. The van der Waals surface area contributed by atoms with Gasteiger partial charge in [-0.15, -0.1) is 24.0 Å². The number of guanidine groups is 1. The quantitative estimate of drug-likeness (QED) is 0.397. The lowest BCUT2D eigenvalue weighted by molar-refractivity contribution is 0.519. The molecule has 136 valence electrons. The number of aliphatic imine (C=N–C) groups is 1. The molecule has 25 heavy (non-hydrogen) atoms. The van der Waals surface area contributed by atoms with Crippen LogP contribution in [0.2, 0.25) is 0 Å². The Balaban J connectivity index is 0.00000312. The summed E-state index contributed by atoms with van der Waals surface area (Å²) in [5.41, 5.74) is 8.44. The van der Waals surface area contributed by atoms with E-state index in [1.165, 1.54) is 18.4 Å². The van der Waals surface area contributed by atoms with Gasteiger partial charge in [0.1, 0.15) is 0 Å². The third-order valence-corrected chi connectivity index (χ3v) is 5.36. The highest BCUT2D eigenvalue weighted by atomic mass is 127. The first-order valence-electron chi connectivity index (χ1n) is 7.45. The number of benzene rings is 2. The van der Waals surface area contributed by atoms with Gasteiger partial charge < -0.3 is 11.1 Å². The number of sulfonamides is 1. The normalized spacial score (nSPS) is 11.9. The standard InChI is InChI=1S/C17H22N4O2S.HI/c1-13-7-6-9-15(11-13)20-17(18)19-12-14-8-4-5-10-16(14)24(22,23)21(2)3;/h4-11H,12H2,1-3H3,(H3,18,19,20);1H. The zero-order chi connectivity index (χ0) is 17.7. The lowest BCUT2D eigenvalue weighted by Gasteiger charge is -2.14. The van der Waals surface area contributed by atoms with E-state index in [1.54, 1.807) is 24.3 Å². The van der Waals surface area contributed by atoms with Crippen molar-refractivity contribution < 1.29 is 8.42 Å². The van der Waals surface area contributed by atoms with E-state index in [2.05, 4.69) is 10.3 Å². The molecular weight excluding hydrogens is 451 g/mol. The van der Waals surface area contributed by atoms with E-state index in [0.717, 1.165) is 11.3 Å². The molecule has 0 fully saturated rings. The minimum atomic E-state index is -3.52. The Hall–Kier alpha value is -1.65. The second kappa shape index (κ2) is 9.16. The van der Waals surface area contributed by atoms with Crippen molar-refractivity contribution in [3.05, 3.63) is 59.7 Å². The topological polar surface area (TPSA) is 87.8 Å². The average molecular weight is 474 g/mol. The summed E-state index contributed by atoms with van der Waals surface area (Å²) in [5, 5.41) is 3.00. The van der Waals surface area contributed by atoms with Crippen LogP contribution >= 0.6 is 24.0 Å². The van der Waals surface area contributed by atoms with Crippen molar-refractivity contribution in [3.8, 4) is 0 Å². The van der Waals surface area contributed by atoms with Crippen molar-refractivity contribution in [1.29, 1.82) is 0 Å². The molecule has 3 N–H and O–H groups in total. The first-order chi connectivity index (χ1) is 11.3. The molecule has 0 unspecified atom stereocenters. The maximum Gasteiger partial charge on any atom is 0.242 e. The predicted octanol–water partition coefficient (Wildman–Crippen LogP) is 2.79. The van der Waals surface area contributed by atoms with E-state index >= 15 is 0 Å². The number of nitrogens with zero attached hydrogens (tertiary/aromatic N) is 2. The summed E-state index contributed by atoms with van der Waals surface area (Å²) in [6, 6.07) is 14.5. The van der Waals surface area contributed by atoms with Crippen molar-refractivity contribution in [2.45, 2.75) is 18.4 Å². The van der Waals surface area contributed by atoms with Gasteiger partial charge in [0.15, 0.2) is 5.96 Å². The molecule has 0 aliphatic heterocycles. The monoisotopic (exact) mass is 474 g/mol. The highest BCUT2D eigenvalue weighted by Gasteiger charge is 2.20. The zero-order valence-electron chi connectivity index (χ0n) is 14.4. The average Bonchev–Trinajstić information content (AvgIpc) is 2.53. The lowest BCUT2D eigenvalue weighted by atomic mass is 10.2. The Morgan fingerprint density at radius 1 is 1.16 bits per heavy atom. The van der Waals surface area contributed by atoms with Gasteiger partial charge in [-0.1, -0.05) is 30.3 Å². The van der Waals surface area contributed by atoms with Gasteiger partial charge in [-0.3, -0.25) is 0 Å². The van der Waals surface area contributed by atoms with Crippen molar-refractivity contribution in [3.63, 3.8) is 0 Å². The largest absolute Gasteiger partial charge is 0.370 e. The van der Waals surface area contributed by atoms with E-state index in [0.29, 0.717) is 5.56 Å². The number of rotatable bonds is 5. The molecule has 8 heteroatoms. The first kappa shape index (κ1) is 21.4. The molecule has 2 rings (SSSR count). The molecule has 0 spiro atoms. The molecule has 2 aromatic rings. The SMILES string of the molecule is Cc1cccc(NC(N)=NCc2ccccc2S(=O)(=O)N(C)C)c1.I. The van der Waals surface area contributed by atoms with Crippen molar-refractivity contribution in [2.24, 2.45) is 10.7 Å². The van der Waals surface area contributed by atoms with Crippen molar-refractivity contribution in [2.75, 3.05) is 19.4 Å². The fourth-order valence-corrected chi connectivity index (χ4v) is 3.27. The Morgan fingerprint density at radius 3 is 2.48 bits per heavy atom. The molecule has 0 aliphatic carbocycles. The summed E-state index contributed by atoms with van der Waals surface area (Å²) in [6.07, 6.45) is 0. The van der Waals surface area contributed by atoms with Crippen LogP contribution in [0.4, 0.5) is 5.69 Å². The van der Waals surface area contributed by atoms with Crippen LogP contribution in [0.5, 0.6) is 0 Å². The van der Waals surface area contributed by atoms with Gasteiger partial charge in [0.2, 0.25) is 10.0 Å². The maximum atomic E-state index is 12.4. The van der Waals surface area contributed by atoms with Gasteiger partial charge in [-0.25, -0.2) is 17.7 Å². The summed E-state index contributed by atoms with van der Waals surface area (Å²) in [4.78, 5) is 4.49. The third kappa shape index (κ3) is 5.68. The number of nitrogens with one attached hydrogen (secondary N) is 1. The summed E-state index contributed by atoms with van der Waals surface area (Å²) < 4.78 is 25.9. The second-order valence-corrected chi connectivity index (χ2v) is 7.71. The van der Waals surface area contributed by atoms with Gasteiger partial charge >= 0.3 is 0 Å². The number of anilines is 1. The van der Waals surface area contributed by atoms with Crippen LogP contribution in [0, 0.1) is 6.92 Å². The number of nitrogens with two attached hydrogens (primary N) is 1. The van der Waals surface area contributed by atoms with Crippen LogP contribution in [0.25, 0.3) is 0 Å². The number of aryl methyl sites for hydroxylation is 1. The molecule has 0 aliphatic rings. The van der Waals surface area contributed by atoms with Crippen LogP contribution in [-0.4, -0.2) is 32.8 Å². The van der Waals surface area contributed by atoms with E-state index < -0.39 is 10.0 Å². The van der Waals surface area contributed by atoms with Crippen LogP contribution < -0.4 is 11.1 Å². The van der Waals surface area contributed by atoms with E-state index in [-0.39, 0.29) is 41.4 Å². The number of hydrogen-bond acceptors (Lipinski definition) is 3. The predicted molar refractivity (Wildman–Crippen MR) is 113 cm³/mol. The van der Waals surface area contributed by atoms with E-state index in [1.807, 2.05) is 31.2 Å². The summed E-state index contributed by atoms with van der Waals surface area (Å²) >= 11 is 0. The fraction of sp³-hybridized carbons (Fsp3) is 0.235. The Morgan fingerprint density at radius 2 is 1.84 bits per heavy atom. The highest BCUT2D eigenvalue weighted by Crippen LogP contribution is 2.19. The molecule has 0 atom stereocenters. The molecule has 0 saturated heterocycles. The molecule has 0 aromatic heterocycles. The second-order valence-electron chi connectivity index (χ2n) is 5.59. The van der Waals surface area contributed by atoms with Gasteiger partial charge in [-0.2, -0.15) is 0 Å². The van der Waals surface area contributed by atoms with E-state index in [9.17, 15) is 8.42 Å². The molecule has 0 amide bonds. The lowest BCUT2D eigenvalue weighted by Crippen LogP contribution is -2.24. The summed E-state index contributed by atoms with van der Waals surface area (Å²) in [6.45, 7) is 2.16. The first-order valence-corrected chi connectivity index (χ1v) is 8.89. The molecule has 6 nitrogen and oxygen atoms in total. The van der Waals surface area contributed by atoms with Crippen molar-refractivity contribution >= 4 is 45.6 Å². The third-order valence-electron chi connectivity index (χ3n) is 3.44. The Labute approximate surface area is 166 Å². The fourth-order valence-electron chi connectivity index (χ4n) is 2.16. The number of hydrogen-bond donors (Lipinski definition) is 2. The summed E-state index contributed by atoms with van der Waals surface area (Å²) in [7, 11) is -0.511. The molecular formula is C17H23IN4O2S.